The van der Waals surface area contributed by atoms with Gasteiger partial charge in [0.1, 0.15) is 6.29 Å². The van der Waals surface area contributed by atoms with Crippen LogP contribution in [0.4, 0.5) is 0 Å². The molecule has 2 aliphatic rings. The van der Waals surface area contributed by atoms with Crippen molar-refractivity contribution in [3.8, 4) is 0 Å². The zero-order valence-electron chi connectivity index (χ0n) is 16.4. The lowest BCUT2D eigenvalue weighted by atomic mass is 9.45. The maximum atomic E-state index is 11.7. The Morgan fingerprint density at radius 2 is 1.92 bits per heavy atom. The maximum absolute atomic E-state index is 11.7. The van der Waals surface area contributed by atoms with E-state index in [9.17, 15) is 14.7 Å². The van der Waals surface area contributed by atoms with Crippen molar-refractivity contribution in [3.63, 3.8) is 0 Å². The first kappa shape index (κ1) is 20.2. The summed E-state index contributed by atoms with van der Waals surface area (Å²) in [4.78, 5) is 23.2. The third-order valence-electron chi connectivity index (χ3n) is 7.25. The van der Waals surface area contributed by atoms with Gasteiger partial charge in [-0.05, 0) is 68.1 Å². The maximum Gasteiger partial charge on any atom is 0.330 e. The molecule has 0 aromatic carbocycles. The van der Waals surface area contributed by atoms with E-state index >= 15 is 0 Å². The highest BCUT2D eigenvalue weighted by Crippen LogP contribution is 2.61. The van der Waals surface area contributed by atoms with Crippen molar-refractivity contribution < 1.29 is 19.4 Å². The Hall–Kier alpha value is -1.16. The van der Waals surface area contributed by atoms with Crippen molar-refractivity contribution >= 4 is 12.3 Å². The highest BCUT2D eigenvalue weighted by molar-refractivity contribution is 5.82. The second-order valence-corrected chi connectivity index (χ2v) is 8.97. The molecule has 0 spiro atoms. The first-order chi connectivity index (χ1) is 11.7. The predicted octanol–water partition coefficient (Wildman–Crippen LogP) is 3.91. The number of esters is 1. The molecule has 0 unspecified atom stereocenters. The van der Waals surface area contributed by atoms with Crippen molar-refractivity contribution in [2.75, 3.05) is 7.11 Å². The van der Waals surface area contributed by atoms with Crippen LogP contribution in [0.15, 0.2) is 11.6 Å². The number of hydrogen-bond acceptors (Lipinski definition) is 4. The van der Waals surface area contributed by atoms with E-state index in [-0.39, 0.29) is 28.8 Å². The van der Waals surface area contributed by atoms with E-state index in [0.717, 1.165) is 50.4 Å². The monoisotopic (exact) mass is 350 g/mol. The lowest BCUT2D eigenvalue weighted by Crippen LogP contribution is -2.56. The van der Waals surface area contributed by atoms with Gasteiger partial charge in [0.25, 0.3) is 0 Å². The lowest BCUT2D eigenvalue weighted by Gasteiger charge is -2.60. The molecule has 142 valence electrons. The minimum absolute atomic E-state index is 0.0676. The zero-order chi connectivity index (χ0) is 18.8. The molecule has 2 saturated carbocycles. The minimum atomic E-state index is -0.320. The van der Waals surface area contributed by atoms with E-state index in [2.05, 4.69) is 20.8 Å². The quantitative estimate of drug-likeness (QED) is 0.464. The van der Waals surface area contributed by atoms with Gasteiger partial charge >= 0.3 is 5.97 Å². The molecule has 0 aromatic heterocycles. The smallest absolute Gasteiger partial charge is 0.330 e. The number of carbonyl (C=O) groups excluding carboxylic acids is 2. The van der Waals surface area contributed by atoms with Gasteiger partial charge in [0.15, 0.2) is 0 Å². The minimum Gasteiger partial charge on any atom is -0.466 e. The Morgan fingerprint density at radius 3 is 2.52 bits per heavy atom. The SMILES string of the molecule is COC(=O)/C=C(/C)CC[C@@H]1[C@H](C=O)CC[C@@H]2C(C)(C)[C@H](O)CC[C@@]12C. The van der Waals surface area contributed by atoms with Crippen LogP contribution < -0.4 is 0 Å². The largest absolute Gasteiger partial charge is 0.466 e. The van der Waals surface area contributed by atoms with Crippen molar-refractivity contribution in [1.82, 2.24) is 0 Å². The number of ether oxygens (including phenoxy) is 1. The van der Waals surface area contributed by atoms with Crippen LogP contribution in [-0.4, -0.2) is 30.6 Å². The first-order valence-electron chi connectivity index (χ1n) is 9.55. The summed E-state index contributed by atoms with van der Waals surface area (Å²) in [6.45, 7) is 8.63. The number of aliphatic hydroxyl groups is 1. The molecule has 2 rings (SSSR count). The average Bonchev–Trinajstić information content (AvgIpc) is 2.56. The molecule has 2 aliphatic carbocycles. The number of carbonyl (C=O) groups is 2. The van der Waals surface area contributed by atoms with Crippen LogP contribution in [0.25, 0.3) is 0 Å². The number of fused-ring (bicyclic) bond motifs is 1. The fraction of sp³-hybridized carbons (Fsp3) is 0.810. The predicted molar refractivity (Wildman–Crippen MR) is 97.9 cm³/mol. The van der Waals surface area contributed by atoms with Crippen LogP contribution in [0.1, 0.15) is 66.2 Å². The highest BCUT2D eigenvalue weighted by Gasteiger charge is 2.56. The molecule has 4 heteroatoms. The highest BCUT2D eigenvalue weighted by atomic mass is 16.5. The first-order valence-corrected chi connectivity index (χ1v) is 9.55. The molecule has 5 atom stereocenters. The van der Waals surface area contributed by atoms with E-state index in [1.54, 1.807) is 6.08 Å². The molecular formula is C21H34O4. The molecule has 25 heavy (non-hydrogen) atoms. The van der Waals surface area contributed by atoms with E-state index in [4.69, 9.17) is 4.74 Å². The molecule has 0 aliphatic heterocycles. The number of rotatable bonds is 5. The number of aliphatic hydroxyl groups excluding tert-OH is 1. The van der Waals surface area contributed by atoms with E-state index in [1.807, 2.05) is 6.92 Å². The summed E-state index contributed by atoms with van der Waals surface area (Å²) < 4.78 is 4.70. The Morgan fingerprint density at radius 1 is 1.24 bits per heavy atom. The molecule has 0 amide bonds. The van der Waals surface area contributed by atoms with Crippen LogP contribution in [0.2, 0.25) is 0 Å². The molecule has 1 N–H and O–H groups in total. The Labute approximate surface area is 152 Å². The standard InChI is InChI=1S/C21H34O4/c1-14(12-19(24)25-5)6-8-16-15(13-22)7-9-17-20(2,3)18(23)10-11-21(16,17)4/h12-13,15-18,23H,6-11H2,1-5H3/b14-12-/t15-,16+,17+,18+,21-/m0/s1. The lowest BCUT2D eigenvalue weighted by molar-refractivity contribution is -0.155. The molecule has 0 aromatic rings. The molecule has 4 nitrogen and oxygen atoms in total. The van der Waals surface area contributed by atoms with E-state index < -0.39 is 0 Å². The van der Waals surface area contributed by atoms with Gasteiger partial charge < -0.3 is 14.6 Å². The van der Waals surface area contributed by atoms with Gasteiger partial charge in [0.2, 0.25) is 0 Å². The molecule has 2 fully saturated rings. The van der Waals surface area contributed by atoms with Gasteiger partial charge in [-0.3, -0.25) is 0 Å². The Balaban J connectivity index is 2.22. The summed E-state index contributed by atoms with van der Waals surface area (Å²) in [5, 5.41) is 10.5. The molecule has 0 heterocycles. The van der Waals surface area contributed by atoms with Gasteiger partial charge in [-0.15, -0.1) is 0 Å². The van der Waals surface area contributed by atoms with Crippen molar-refractivity contribution in [2.45, 2.75) is 72.3 Å². The molecule has 0 bridgehead atoms. The summed E-state index contributed by atoms with van der Waals surface area (Å²) in [6, 6.07) is 0. The van der Waals surface area contributed by atoms with Crippen molar-refractivity contribution in [3.05, 3.63) is 11.6 Å². The van der Waals surface area contributed by atoms with Crippen molar-refractivity contribution in [1.29, 1.82) is 0 Å². The second-order valence-electron chi connectivity index (χ2n) is 8.97. The topological polar surface area (TPSA) is 63.6 Å². The summed E-state index contributed by atoms with van der Waals surface area (Å²) in [5.74, 6) is 0.490. The third kappa shape index (κ3) is 3.84. The van der Waals surface area contributed by atoms with Gasteiger partial charge in [0, 0.05) is 12.0 Å². The second kappa shape index (κ2) is 7.61. The zero-order valence-corrected chi connectivity index (χ0v) is 16.4. The average molecular weight is 350 g/mol. The van der Waals surface area contributed by atoms with Gasteiger partial charge in [0.05, 0.1) is 13.2 Å². The van der Waals surface area contributed by atoms with Crippen LogP contribution in [0.3, 0.4) is 0 Å². The summed E-state index contributed by atoms with van der Waals surface area (Å²) >= 11 is 0. The fourth-order valence-electron chi connectivity index (χ4n) is 5.69. The van der Waals surface area contributed by atoms with Crippen LogP contribution in [0, 0.1) is 28.6 Å². The Bertz CT molecular complexity index is 536. The summed E-state index contributed by atoms with van der Waals surface area (Å²) in [5.41, 5.74) is 0.950. The molecule has 0 saturated heterocycles. The normalized spacial score (nSPS) is 37.9. The van der Waals surface area contributed by atoms with Gasteiger partial charge in [-0.2, -0.15) is 0 Å². The Kier molecular flexibility index (Phi) is 6.13. The van der Waals surface area contributed by atoms with E-state index in [1.165, 1.54) is 7.11 Å². The fourth-order valence-corrected chi connectivity index (χ4v) is 5.69. The number of allylic oxidation sites excluding steroid dienone is 1. The molecule has 0 radical (unpaired) electrons. The van der Waals surface area contributed by atoms with Crippen molar-refractivity contribution in [2.24, 2.45) is 28.6 Å². The number of methoxy groups -OCH3 is 1. The van der Waals surface area contributed by atoms with Crippen LogP contribution in [-0.2, 0) is 14.3 Å². The van der Waals surface area contributed by atoms with Gasteiger partial charge in [-0.25, -0.2) is 4.79 Å². The third-order valence-corrected chi connectivity index (χ3v) is 7.25. The van der Waals surface area contributed by atoms with Gasteiger partial charge in [-0.1, -0.05) is 26.3 Å². The number of aldehydes is 1. The number of hydrogen-bond donors (Lipinski definition) is 1. The van der Waals surface area contributed by atoms with E-state index in [0.29, 0.717) is 11.8 Å². The molecular weight excluding hydrogens is 316 g/mol. The summed E-state index contributed by atoms with van der Waals surface area (Å²) in [6.07, 6.45) is 7.83. The van der Waals surface area contributed by atoms with Crippen LogP contribution in [0.5, 0.6) is 0 Å². The summed E-state index contributed by atoms with van der Waals surface area (Å²) in [7, 11) is 1.39. The van der Waals surface area contributed by atoms with Crippen LogP contribution >= 0.6 is 0 Å².